The molecule has 3 heterocycles. The first-order valence-corrected chi connectivity index (χ1v) is 10.2. The van der Waals surface area contributed by atoms with Gasteiger partial charge in [-0.2, -0.15) is 0 Å². The van der Waals surface area contributed by atoms with Gasteiger partial charge in [0.2, 0.25) is 5.91 Å². The van der Waals surface area contributed by atoms with E-state index in [-0.39, 0.29) is 37.3 Å². The zero-order valence-corrected chi connectivity index (χ0v) is 16.3. The Kier molecular flexibility index (Phi) is 5.53. The molecule has 154 valence electrons. The van der Waals surface area contributed by atoms with Crippen molar-refractivity contribution in [2.45, 2.75) is 44.2 Å². The number of aliphatic hydroxyl groups excluding tert-OH is 1. The summed E-state index contributed by atoms with van der Waals surface area (Å²) in [4.78, 5) is 43.5. The van der Waals surface area contributed by atoms with Crippen molar-refractivity contribution in [3.05, 3.63) is 36.0 Å². The zero-order chi connectivity index (χ0) is 20.4. The smallest absolute Gasteiger partial charge is 0.324 e. The van der Waals surface area contributed by atoms with Crippen LogP contribution in [0.25, 0.3) is 10.9 Å². The van der Waals surface area contributed by atoms with Gasteiger partial charge in [-0.15, -0.1) is 0 Å². The van der Waals surface area contributed by atoms with E-state index in [0.29, 0.717) is 19.5 Å². The average molecular weight is 398 g/mol. The van der Waals surface area contributed by atoms with Gasteiger partial charge in [0.1, 0.15) is 6.04 Å². The number of imide groups is 1. The van der Waals surface area contributed by atoms with Gasteiger partial charge in [-0.1, -0.05) is 18.2 Å². The fourth-order valence-electron chi connectivity index (χ4n) is 4.32. The molecule has 0 bridgehead atoms. The second kappa shape index (κ2) is 8.24. The van der Waals surface area contributed by atoms with E-state index in [0.717, 1.165) is 29.3 Å². The third-order valence-corrected chi connectivity index (χ3v) is 5.94. The minimum Gasteiger partial charge on any atom is -0.394 e. The Labute approximate surface area is 168 Å². The number of hydrogen-bond donors (Lipinski definition) is 3. The summed E-state index contributed by atoms with van der Waals surface area (Å²) in [7, 11) is 0. The van der Waals surface area contributed by atoms with E-state index in [2.05, 4.69) is 10.3 Å². The molecule has 8 heteroatoms. The van der Waals surface area contributed by atoms with Crippen LogP contribution in [0.4, 0.5) is 4.79 Å². The number of urea groups is 1. The largest absolute Gasteiger partial charge is 0.394 e. The van der Waals surface area contributed by atoms with Crippen LogP contribution < -0.4 is 5.32 Å². The number of nitrogens with zero attached hydrogens (tertiary/aromatic N) is 2. The van der Waals surface area contributed by atoms with Crippen LogP contribution in [0.1, 0.15) is 31.2 Å². The number of H-pyrrole nitrogens is 1. The minimum atomic E-state index is -0.662. The number of nitrogens with one attached hydrogen (secondary N) is 2. The maximum atomic E-state index is 12.7. The number of likely N-dealkylation sites (tertiary alicyclic amines) is 1. The van der Waals surface area contributed by atoms with Gasteiger partial charge >= 0.3 is 6.03 Å². The first-order chi connectivity index (χ1) is 14.1. The number of carbonyl (C=O) groups excluding carboxylic acids is 3. The van der Waals surface area contributed by atoms with Crippen LogP contribution in [0, 0.1) is 0 Å². The van der Waals surface area contributed by atoms with Gasteiger partial charge in [-0.25, -0.2) is 4.79 Å². The second-order valence-electron chi connectivity index (χ2n) is 7.71. The SMILES string of the molecule is O=C1NC(CCC(=O)N2CCCC2CO)C(=O)N1CCc1c[nH]c2ccccc12. The zero-order valence-electron chi connectivity index (χ0n) is 16.3. The number of benzene rings is 1. The van der Waals surface area contributed by atoms with Crippen molar-refractivity contribution in [2.24, 2.45) is 0 Å². The van der Waals surface area contributed by atoms with Crippen molar-refractivity contribution in [2.75, 3.05) is 19.7 Å². The normalized spacial score (nSPS) is 22.0. The van der Waals surface area contributed by atoms with Crippen molar-refractivity contribution in [3.8, 4) is 0 Å². The standard InChI is InChI=1S/C21H26N4O4/c26-13-15-4-3-10-24(15)19(27)8-7-18-20(28)25(21(29)23-18)11-9-14-12-22-17-6-2-1-5-16(14)17/h1-2,5-6,12,15,18,22,26H,3-4,7-11,13H2,(H,23,29). The number of carbonyl (C=O) groups is 3. The fourth-order valence-corrected chi connectivity index (χ4v) is 4.32. The molecule has 2 unspecified atom stereocenters. The van der Waals surface area contributed by atoms with Gasteiger partial charge in [0.25, 0.3) is 5.91 Å². The molecule has 2 aliphatic heterocycles. The van der Waals surface area contributed by atoms with Crippen molar-refractivity contribution < 1.29 is 19.5 Å². The summed E-state index contributed by atoms with van der Waals surface area (Å²) < 4.78 is 0. The van der Waals surface area contributed by atoms with Crippen LogP contribution in [0.15, 0.2) is 30.5 Å². The predicted octanol–water partition coefficient (Wildman–Crippen LogP) is 1.39. The highest BCUT2D eigenvalue weighted by atomic mass is 16.3. The Hall–Kier alpha value is -2.87. The van der Waals surface area contributed by atoms with Gasteiger partial charge in [-0.3, -0.25) is 14.5 Å². The van der Waals surface area contributed by atoms with Crippen molar-refractivity contribution in [1.29, 1.82) is 0 Å². The summed E-state index contributed by atoms with van der Waals surface area (Å²) >= 11 is 0. The molecule has 0 saturated carbocycles. The molecule has 1 aromatic carbocycles. The predicted molar refractivity (Wildman–Crippen MR) is 107 cm³/mol. The highest BCUT2D eigenvalue weighted by Crippen LogP contribution is 2.21. The monoisotopic (exact) mass is 398 g/mol. The van der Waals surface area contributed by atoms with E-state index in [4.69, 9.17) is 0 Å². The molecule has 0 spiro atoms. The number of fused-ring (bicyclic) bond motifs is 1. The fraction of sp³-hybridized carbons (Fsp3) is 0.476. The number of hydrogen-bond acceptors (Lipinski definition) is 4. The third-order valence-electron chi connectivity index (χ3n) is 5.94. The summed E-state index contributed by atoms with van der Waals surface area (Å²) in [6.45, 7) is 0.911. The van der Waals surface area contributed by atoms with Crippen LogP contribution in [-0.2, 0) is 16.0 Å². The van der Waals surface area contributed by atoms with E-state index >= 15 is 0 Å². The molecular weight excluding hydrogens is 372 g/mol. The molecule has 4 amide bonds. The molecule has 2 saturated heterocycles. The maximum Gasteiger partial charge on any atom is 0.324 e. The van der Waals surface area contributed by atoms with E-state index < -0.39 is 12.1 Å². The lowest BCUT2D eigenvalue weighted by Gasteiger charge is -2.23. The molecule has 3 N–H and O–H groups in total. The molecule has 1 aromatic heterocycles. The van der Waals surface area contributed by atoms with Crippen LogP contribution in [0.2, 0.25) is 0 Å². The van der Waals surface area contributed by atoms with Gasteiger partial charge in [0, 0.05) is 36.6 Å². The summed E-state index contributed by atoms with van der Waals surface area (Å²) in [5.41, 5.74) is 2.09. The quantitative estimate of drug-likeness (QED) is 0.613. The Morgan fingerprint density at radius 3 is 2.90 bits per heavy atom. The van der Waals surface area contributed by atoms with Crippen LogP contribution in [-0.4, -0.2) is 69.5 Å². The van der Waals surface area contributed by atoms with E-state index in [9.17, 15) is 19.5 Å². The Morgan fingerprint density at radius 1 is 1.24 bits per heavy atom. The Bertz CT molecular complexity index is 924. The summed E-state index contributed by atoms with van der Waals surface area (Å²) in [6, 6.07) is 6.73. The lowest BCUT2D eigenvalue weighted by Crippen LogP contribution is -2.39. The average Bonchev–Trinajstić information content (AvgIpc) is 3.43. The first kappa shape index (κ1) is 19.4. The number of para-hydroxylation sites is 1. The van der Waals surface area contributed by atoms with Crippen LogP contribution >= 0.6 is 0 Å². The molecule has 0 aliphatic carbocycles. The highest BCUT2D eigenvalue weighted by molar-refractivity contribution is 6.04. The molecule has 2 fully saturated rings. The molecule has 2 aromatic rings. The van der Waals surface area contributed by atoms with Crippen molar-refractivity contribution in [1.82, 2.24) is 20.1 Å². The molecule has 0 radical (unpaired) electrons. The van der Waals surface area contributed by atoms with Gasteiger partial charge < -0.3 is 20.3 Å². The van der Waals surface area contributed by atoms with Gasteiger partial charge in [0.05, 0.1) is 12.6 Å². The minimum absolute atomic E-state index is 0.0353. The highest BCUT2D eigenvalue weighted by Gasteiger charge is 2.38. The molecule has 29 heavy (non-hydrogen) atoms. The Balaban J connectivity index is 1.32. The topological polar surface area (TPSA) is 106 Å². The number of aromatic amines is 1. The third kappa shape index (κ3) is 3.85. The number of amides is 4. The molecule has 8 nitrogen and oxygen atoms in total. The lowest BCUT2D eigenvalue weighted by atomic mass is 10.1. The molecule has 2 aliphatic rings. The maximum absolute atomic E-state index is 12.7. The number of aromatic nitrogens is 1. The van der Waals surface area contributed by atoms with Crippen LogP contribution in [0.3, 0.4) is 0 Å². The number of aliphatic hydroxyl groups is 1. The van der Waals surface area contributed by atoms with E-state index in [1.165, 1.54) is 4.90 Å². The molecule has 4 rings (SSSR count). The Morgan fingerprint density at radius 2 is 2.07 bits per heavy atom. The second-order valence-corrected chi connectivity index (χ2v) is 7.71. The lowest BCUT2D eigenvalue weighted by molar-refractivity contribution is -0.133. The van der Waals surface area contributed by atoms with Crippen molar-refractivity contribution >= 4 is 28.7 Å². The summed E-state index contributed by atoms with van der Waals surface area (Å²) in [5.74, 6) is -0.344. The van der Waals surface area contributed by atoms with E-state index in [1.807, 2.05) is 30.5 Å². The first-order valence-electron chi connectivity index (χ1n) is 10.2. The molecular formula is C21H26N4O4. The van der Waals surface area contributed by atoms with Crippen LogP contribution in [0.5, 0.6) is 0 Å². The van der Waals surface area contributed by atoms with Crippen molar-refractivity contribution in [3.63, 3.8) is 0 Å². The molecule has 2 atom stereocenters. The summed E-state index contributed by atoms with van der Waals surface area (Å²) in [6.07, 6.45) is 4.64. The number of rotatable bonds is 7. The summed E-state index contributed by atoms with van der Waals surface area (Å²) in [5, 5.41) is 13.2. The van der Waals surface area contributed by atoms with Gasteiger partial charge in [0.15, 0.2) is 0 Å². The van der Waals surface area contributed by atoms with E-state index in [1.54, 1.807) is 4.90 Å². The van der Waals surface area contributed by atoms with Gasteiger partial charge in [-0.05, 0) is 37.3 Å².